The van der Waals surface area contributed by atoms with E-state index in [9.17, 15) is 5.11 Å². The lowest BCUT2D eigenvalue weighted by atomic mass is 9.56. The molecule has 2 nitrogen and oxygen atoms in total. The Balaban J connectivity index is 0.00000169. The molecule has 0 unspecified atom stereocenters. The second kappa shape index (κ2) is 6.29. The summed E-state index contributed by atoms with van der Waals surface area (Å²) in [7, 11) is 2.37. The molecule has 128 valence electrons. The largest absolute Gasteiger partial charge is 1.00 e. The van der Waals surface area contributed by atoms with Crippen molar-refractivity contribution in [1.29, 1.82) is 0 Å². The molecule has 0 aliphatic carbocycles. The van der Waals surface area contributed by atoms with E-state index in [4.69, 9.17) is 0 Å². The van der Waals surface area contributed by atoms with Crippen LogP contribution in [0.5, 0.6) is 0 Å². The number of piperidine rings is 3. The number of hydrogen-bond donors (Lipinski definition) is 1. The summed E-state index contributed by atoms with van der Waals surface area (Å²) in [6.45, 7) is 3.55. The summed E-state index contributed by atoms with van der Waals surface area (Å²) in [6.07, 6.45) is 3.30. The van der Waals surface area contributed by atoms with Gasteiger partial charge in [0.05, 0.1) is 26.7 Å². The van der Waals surface area contributed by atoms with Crippen LogP contribution in [-0.4, -0.2) is 36.3 Å². The third-order valence-corrected chi connectivity index (χ3v) is 6.54. The Labute approximate surface area is 155 Å². The number of benzene rings is 2. The molecule has 0 radical (unpaired) electrons. The summed E-state index contributed by atoms with van der Waals surface area (Å²) in [6, 6.07) is 20.6. The minimum Gasteiger partial charge on any atom is -1.00 e. The summed E-state index contributed by atoms with van der Waals surface area (Å²) < 4.78 is 1.18. The number of hydrogen-bond acceptors (Lipinski definition) is 1. The molecule has 3 saturated heterocycles. The van der Waals surface area contributed by atoms with Gasteiger partial charge in [-0.15, -0.1) is 0 Å². The molecule has 24 heavy (non-hydrogen) atoms. The van der Waals surface area contributed by atoms with E-state index in [1.807, 2.05) is 36.4 Å². The van der Waals surface area contributed by atoms with Gasteiger partial charge < -0.3 is 26.6 Å². The highest BCUT2D eigenvalue weighted by molar-refractivity contribution is 5.39. The highest BCUT2D eigenvalue weighted by Crippen LogP contribution is 2.56. The summed E-state index contributed by atoms with van der Waals surface area (Å²) in [4.78, 5) is 0. The quantitative estimate of drug-likeness (QED) is 0.762. The van der Waals surface area contributed by atoms with Crippen LogP contribution in [0, 0.1) is 5.41 Å². The Kier molecular flexibility index (Phi) is 4.63. The second-order valence-corrected chi connectivity index (χ2v) is 7.76. The van der Waals surface area contributed by atoms with Crippen LogP contribution >= 0.6 is 0 Å². The van der Waals surface area contributed by atoms with E-state index in [1.54, 1.807) is 0 Å². The molecule has 3 heterocycles. The molecule has 2 bridgehead atoms. The molecule has 0 amide bonds. The van der Waals surface area contributed by atoms with E-state index in [-0.39, 0.29) is 22.4 Å². The molecule has 3 aliphatic heterocycles. The van der Waals surface area contributed by atoms with Crippen molar-refractivity contribution in [2.45, 2.75) is 24.9 Å². The minimum absolute atomic E-state index is 0. The van der Waals surface area contributed by atoms with Crippen molar-refractivity contribution in [3.05, 3.63) is 71.8 Å². The minimum atomic E-state index is -0.888. The summed E-state index contributed by atoms with van der Waals surface area (Å²) in [5.74, 6) is 0. The zero-order chi connectivity index (χ0) is 16.0. The van der Waals surface area contributed by atoms with Gasteiger partial charge in [-0.05, 0) is 11.1 Å². The Bertz CT molecular complexity index is 621. The summed E-state index contributed by atoms with van der Waals surface area (Å²) in [5, 5.41) is 12.1. The number of rotatable bonds is 3. The topological polar surface area (TPSA) is 20.2 Å². The van der Waals surface area contributed by atoms with Crippen LogP contribution in [0.2, 0.25) is 0 Å². The molecule has 3 heteroatoms. The smallest absolute Gasteiger partial charge is 0.121 e. The lowest BCUT2D eigenvalue weighted by molar-refractivity contribution is -0.928. The number of aliphatic hydroxyl groups is 1. The van der Waals surface area contributed by atoms with Gasteiger partial charge in [-0.3, -0.25) is 0 Å². The van der Waals surface area contributed by atoms with Gasteiger partial charge in [0.2, 0.25) is 0 Å². The lowest BCUT2D eigenvalue weighted by Gasteiger charge is -2.59. The van der Waals surface area contributed by atoms with Crippen molar-refractivity contribution in [2.24, 2.45) is 5.41 Å². The molecular weight excluding hydrogens is 362 g/mol. The van der Waals surface area contributed by atoms with Gasteiger partial charge in [-0.2, -0.15) is 0 Å². The van der Waals surface area contributed by atoms with E-state index in [0.29, 0.717) is 0 Å². The number of nitrogens with zero attached hydrogens (tertiary/aromatic N) is 1. The molecule has 0 atom stereocenters. The predicted molar refractivity (Wildman–Crippen MR) is 93.0 cm³/mol. The van der Waals surface area contributed by atoms with E-state index in [0.717, 1.165) is 30.4 Å². The van der Waals surface area contributed by atoms with Crippen molar-refractivity contribution in [2.75, 3.05) is 26.7 Å². The van der Waals surface area contributed by atoms with Crippen LogP contribution < -0.4 is 17.0 Å². The molecule has 1 N–H and O–H groups in total. The van der Waals surface area contributed by atoms with E-state index in [1.165, 1.54) is 24.1 Å². The van der Waals surface area contributed by atoms with Crippen molar-refractivity contribution in [3.8, 4) is 0 Å². The van der Waals surface area contributed by atoms with Gasteiger partial charge in [0, 0.05) is 24.7 Å². The first-order valence-electron chi connectivity index (χ1n) is 8.75. The van der Waals surface area contributed by atoms with Gasteiger partial charge in [-0.1, -0.05) is 60.7 Å². The van der Waals surface area contributed by atoms with Crippen LogP contribution in [-0.2, 0) is 5.60 Å². The number of quaternary nitrogens is 1. The van der Waals surface area contributed by atoms with Crippen LogP contribution in [0.4, 0.5) is 0 Å². The normalized spacial score (nSPS) is 29.1. The Morgan fingerprint density at radius 2 is 1.17 bits per heavy atom. The fourth-order valence-corrected chi connectivity index (χ4v) is 4.84. The maximum atomic E-state index is 12.1. The van der Waals surface area contributed by atoms with Crippen LogP contribution in [0.15, 0.2) is 60.7 Å². The zero-order valence-corrected chi connectivity index (χ0v) is 15.9. The summed E-state index contributed by atoms with van der Waals surface area (Å²) in [5.41, 5.74) is 1.17. The molecule has 0 spiro atoms. The number of halogens is 1. The van der Waals surface area contributed by atoms with E-state index >= 15 is 0 Å². The predicted octanol–water partition coefficient (Wildman–Crippen LogP) is 0.557. The first-order valence-corrected chi connectivity index (χ1v) is 8.75. The first kappa shape index (κ1) is 17.7. The fourth-order valence-electron chi connectivity index (χ4n) is 4.84. The fraction of sp³-hybridized carbons (Fsp3) is 0.429. The third-order valence-electron chi connectivity index (χ3n) is 6.54. The Hall–Kier alpha value is -1.16. The average Bonchev–Trinajstić information content (AvgIpc) is 2.63. The van der Waals surface area contributed by atoms with Crippen LogP contribution in [0.1, 0.15) is 30.4 Å². The maximum Gasteiger partial charge on any atom is 0.121 e. The molecule has 3 fully saturated rings. The van der Waals surface area contributed by atoms with Crippen molar-refractivity contribution >= 4 is 0 Å². The maximum absolute atomic E-state index is 12.1. The van der Waals surface area contributed by atoms with Crippen molar-refractivity contribution in [1.82, 2.24) is 0 Å². The standard InChI is InChI=1S/C21H26NO.BrH/c1-22-15-12-20(13-16-22,14-17-22)21(23,18-8-4-2-5-9-18)19-10-6-3-7-11-19;/h2-11,23H,12-17H2,1H3;1H/q+1;/p-1. The highest BCUT2D eigenvalue weighted by atomic mass is 79.9. The molecule has 2 aromatic rings. The molecule has 0 saturated carbocycles. The first-order chi connectivity index (χ1) is 11.1. The molecule has 3 aliphatic rings. The van der Waals surface area contributed by atoms with Crippen molar-refractivity contribution in [3.63, 3.8) is 0 Å². The van der Waals surface area contributed by atoms with E-state index in [2.05, 4.69) is 31.3 Å². The average molecular weight is 388 g/mol. The Morgan fingerprint density at radius 1 is 0.792 bits per heavy atom. The SMILES string of the molecule is C[N+]12CCC(C(O)(c3ccccc3)c3ccccc3)(CC1)CC2.[Br-]. The van der Waals surface area contributed by atoms with Crippen LogP contribution in [0.25, 0.3) is 0 Å². The van der Waals surface area contributed by atoms with Gasteiger partial charge in [0.15, 0.2) is 0 Å². The molecule has 5 rings (SSSR count). The van der Waals surface area contributed by atoms with Crippen LogP contribution in [0.3, 0.4) is 0 Å². The zero-order valence-electron chi connectivity index (χ0n) is 14.3. The monoisotopic (exact) mass is 387 g/mol. The molecule has 0 aromatic heterocycles. The van der Waals surface area contributed by atoms with Gasteiger partial charge in [0.25, 0.3) is 0 Å². The van der Waals surface area contributed by atoms with Crippen molar-refractivity contribution < 1.29 is 26.6 Å². The second-order valence-electron chi connectivity index (χ2n) is 7.76. The number of fused-ring (bicyclic) bond motifs is 3. The van der Waals surface area contributed by atoms with Gasteiger partial charge in [0.1, 0.15) is 5.60 Å². The molecule has 2 aromatic carbocycles. The lowest BCUT2D eigenvalue weighted by Crippen LogP contribution is -3.00. The highest BCUT2D eigenvalue weighted by Gasteiger charge is 2.59. The van der Waals surface area contributed by atoms with Gasteiger partial charge in [-0.25, -0.2) is 0 Å². The van der Waals surface area contributed by atoms with Gasteiger partial charge >= 0.3 is 0 Å². The summed E-state index contributed by atoms with van der Waals surface area (Å²) >= 11 is 0. The molecular formula is C21H26BrNO. The van der Waals surface area contributed by atoms with E-state index < -0.39 is 5.60 Å². The Morgan fingerprint density at radius 3 is 1.54 bits per heavy atom. The third kappa shape index (κ3) is 2.54.